The Bertz CT molecular complexity index is 646. The van der Waals surface area contributed by atoms with Crippen LogP contribution in [0.25, 0.3) is 0 Å². The van der Waals surface area contributed by atoms with Crippen molar-refractivity contribution in [2.75, 3.05) is 44.2 Å². The Hall–Kier alpha value is -0.610. The van der Waals surface area contributed by atoms with Crippen LogP contribution in [-0.2, 0) is 6.42 Å². The number of nitrogens with zero attached hydrogens (tertiary/aromatic N) is 4. The van der Waals surface area contributed by atoms with Gasteiger partial charge in [0.25, 0.3) is 0 Å². The van der Waals surface area contributed by atoms with Crippen LogP contribution in [0.5, 0.6) is 0 Å². The number of thiazole rings is 1. The third-order valence-electron chi connectivity index (χ3n) is 6.61. The number of hydrogen-bond acceptors (Lipinski definition) is 5. The van der Waals surface area contributed by atoms with Gasteiger partial charge in [-0.2, -0.15) is 0 Å². The van der Waals surface area contributed by atoms with Crippen LogP contribution in [0.15, 0.2) is 10.4 Å². The number of hydrogen-bond donors (Lipinski definition) is 2. The van der Waals surface area contributed by atoms with Crippen molar-refractivity contribution in [3.63, 3.8) is 0 Å². The fourth-order valence-corrected chi connectivity index (χ4v) is 5.85. The molecule has 2 saturated heterocycles. The molecule has 1 aliphatic carbocycles. The molecule has 0 radical (unpaired) electrons. The highest BCUT2D eigenvalue weighted by Crippen LogP contribution is 2.26. The van der Waals surface area contributed by atoms with Gasteiger partial charge in [0.2, 0.25) is 0 Å². The van der Waals surface area contributed by atoms with E-state index < -0.39 is 0 Å². The zero-order chi connectivity index (χ0) is 19.9. The first-order valence-corrected chi connectivity index (χ1v) is 12.7. The van der Waals surface area contributed by atoms with E-state index in [1.807, 2.05) is 0 Å². The standard InChI is InChI=1S/C22H38N6S.HI/c1-2-23-21(25-18-10-15-27(16-11-18)20-7-3-4-8-20)24-12-9-19-17-29-22(26-19)28-13-5-6-14-28;/h17-18,20H,2-16H2,1H3,(H2,23,24,25);1H. The van der Waals surface area contributed by atoms with Crippen molar-refractivity contribution < 1.29 is 0 Å². The highest BCUT2D eigenvalue weighted by molar-refractivity contribution is 14.0. The number of anilines is 1. The van der Waals surface area contributed by atoms with Crippen molar-refractivity contribution >= 4 is 46.4 Å². The van der Waals surface area contributed by atoms with E-state index in [1.54, 1.807) is 11.3 Å². The van der Waals surface area contributed by atoms with E-state index in [2.05, 4.69) is 32.7 Å². The average Bonchev–Trinajstić information content (AvgIpc) is 3.50. The Morgan fingerprint density at radius 2 is 1.83 bits per heavy atom. The van der Waals surface area contributed by atoms with E-state index in [-0.39, 0.29) is 24.0 Å². The minimum Gasteiger partial charge on any atom is -0.357 e. The van der Waals surface area contributed by atoms with Gasteiger partial charge in [-0.05, 0) is 45.4 Å². The molecule has 0 aromatic carbocycles. The Morgan fingerprint density at radius 1 is 1.10 bits per heavy atom. The SMILES string of the molecule is CCNC(=NCCc1csc(N2CCCC2)n1)NC1CCN(C2CCCC2)CC1.I. The minimum atomic E-state index is 0. The van der Waals surface area contributed by atoms with Gasteiger partial charge in [-0.1, -0.05) is 12.8 Å². The highest BCUT2D eigenvalue weighted by atomic mass is 127. The van der Waals surface area contributed by atoms with Crippen LogP contribution >= 0.6 is 35.3 Å². The molecule has 6 nitrogen and oxygen atoms in total. The van der Waals surface area contributed by atoms with Gasteiger partial charge in [0.1, 0.15) is 0 Å². The molecule has 0 spiro atoms. The summed E-state index contributed by atoms with van der Waals surface area (Å²) >= 11 is 1.79. The Labute approximate surface area is 203 Å². The summed E-state index contributed by atoms with van der Waals surface area (Å²) in [6, 6.07) is 1.41. The van der Waals surface area contributed by atoms with Gasteiger partial charge in [0, 0.05) is 63.2 Å². The molecule has 0 unspecified atom stereocenters. The van der Waals surface area contributed by atoms with E-state index in [4.69, 9.17) is 9.98 Å². The smallest absolute Gasteiger partial charge is 0.191 e. The lowest BCUT2D eigenvalue weighted by molar-refractivity contribution is 0.150. The lowest BCUT2D eigenvalue weighted by Crippen LogP contribution is -2.50. The van der Waals surface area contributed by atoms with Gasteiger partial charge in [0.05, 0.1) is 5.69 Å². The fraction of sp³-hybridized carbons (Fsp3) is 0.818. The van der Waals surface area contributed by atoms with E-state index in [0.717, 1.165) is 31.5 Å². The first-order valence-electron chi connectivity index (χ1n) is 11.8. The van der Waals surface area contributed by atoms with Gasteiger partial charge < -0.3 is 20.4 Å². The summed E-state index contributed by atoms with van der Waals surface area (Å²) in [6.45, 7) is 8.64. The number of nitrogens with one attached hydrogen (secondary N) is 2. The van der Waals surface area contributed by atoms with Crippen molar-refractivity contribution in [3.05, 3.63) is 11.1 Å². The van der Waals surface area contributed by atoms with Gasteiger partial charge in [-0.15, -0.1) is 35.3 Å². The molecule has 30 heavy (non-hydrogen) atoms. The zero-order valence-corrected chi connectivity index (χ0v) is 21.6. The first-order chi connectivity index (χ1) is 14.3. The van der Waals surface area contributed by atoms with Crippen molar-refractivity contribution in [1.29, 1.82) is 0 Å². The van der Waals surface area contributed by atoms with E-state index >= 15 is 0 Å². The van der Waals surface area contributed by atoms with Gasteiger partial charge in [-0.3, -0.25) is 4.99 Å². The summed E-state index contributed by atoms with van der Waals surface area (Å²) < 4.78 is 0. The third-order valence-corrected chi connectivity index (χ3v) is 7.56. The normalized spacial score (nSPS) is 21.8. The Balaban J connectivity index is 0.00000256. The van der Waals surface area contributed by atoms with Crippen LogP contribution in [0.4, 0.5) is 5.13 Å². The molecular formula is C22H39IN6S. The molecule has 0 bridgehead atoms. The molecule has 4 rings (SSSR count). The van der Waals surface area contributed by atoms with Crippen molar-refractivity contribution in [2.24, 2.45) is 4.99 Å². The van der Waals surface area contributed by atoms with Crippen molar-refractivity contribution in [2.45, 2.75) is 76.8 Å². The van der Waals surface area contributed by atoms with Crippen LogP contribution in [0.3, 0.4) is 0 Å². The molecular weight excluding hydrogens is 507 g/mol. The van der Waals surface area contributed by atoms with Crippen LogP contribution in [0.1, 0.15) is 64.0 Å². The Kier molecular flexibility index (Phi) is 9.96. The Morgan fingerprint density at radius 3 is 2.53 bits per heavy atom. The van der Waals surface area contributed by atoms with E-state index in [1.165, 1.54) is 88.4 Å². The minimum absolute atomic E-state index is 0. The van der Waals surface area contributed by atoms with E-state index in [9.17, 15) is 0 Å². The third kappa shape index (κ3) is 6.69. The maximum atomic E-state index is 4.84. The molecule has 1 saturated carbocycles. The number of aromatic nitrogens is 1. The molecule has 2 N–H and O–H groups in total. The molecule has 3 fully saturated rings. The predicted molar refractivity (Wildman–Crippen MR) is 139 cm³/mol. The number of rotatable bonds is 7. The summed E-state index contributed by atoms with van der Waals surface area (Å²) in [5.74, 6) is 0.974. The molecule has 2 aliphatic heterocycles. The van der Waals surface area contributed by atoms with Crippen molar-refractivity contribution in [3.8, 4) is 0 Å². The van der Waals surface area contributed by atoms with Gasteiger partial charge in [0.15, 0.2) is 11.1 Å². The molecule has 1 aromatic rings. The number of guanidine groups is 1. The molecule has 3 heterocycles. The van der Waals surface area contributed by atoms with Crippen LogP contribution < -0.4 is 15.5 Å². The number of aliphatic imine (C=N–C) groups is 1. The summed E-state index contributed by atoms with van der Waals surface area (Å²) in [6.07, 6.45) is 11.7. The lowest BCUT2D eigenvalue weighted by Gasteiger charge is -2.36. The predicted octanol–water partition coefficient (Wildman–Crippen LogP) is 3.87. The maximum Gasteiger partial charge on any atom is 0.191 e. The largest absolute Gasteiger partial charge is 0.357 e. The van der Waals surface area contributed by atoms with Crippen LogP contribution in [-0.4, -0.2) is 67.2 Å². The summed E-state index contributed by atoms with van der Waals surface area (Å²) in [5, 5.41) is 10.5. The molecule has 3 aliphatic rings. The van der Waals surface area contributed by atoms with E-state index in [0.29, 0.717) is 6.04 Å². The fourth-order valence-electron chi connectivity index (χ4n) is 4.94. The first kappa shape index (κ1) is 24.0. The molecule has 170 valence electrons. The topological polar surface area (TPSA) is 55.8 Å². The maximum absolute atomic E-state index is 4.84. The summed E-state index contributed by atoms with van der Waals surface area (Å²) in [7, 11) is 0. The van der Waals surface area contributed by atoms with Gasteiger partial charge in [-0.25, -0.2) is 4.98 Å². The van der Waals surface area contributed by atoms with Crippen molar-refractivity contribution in [1.82, 2.24) is 20.5 Å². The second-order valence-corrected chi connectivity index (χ2v) is 9.56. The number of halogens is 1. The monoisotopic (exact) mass is 546 g/mol. The van der Waals surface area contributed by atoms with Gasteiger partial charge >= 0.3 is 0 Å². The quantitative estimate of drug-likeness (QED) is 0.309. The second-order valence-electron chi connectivity index (χ2n) is 8.72. The van der Waals surface area contributed by atoms with Crippen LogP contribution in [0.2, 0.25) is 0 Å². The number of piperidine rings is 1. The summed E-state index contributed by atoms with van der Waals surface area (Å²) in [4.78, 5) is 14.8. The number of likely N-dealkylation sites (tertiary alicyclic amines) is 1. The van der Waals surface area contributed by atoms with Crippen LogP contribution in [0, 0.1) is 0 Å². The zero-order valence-electron chi connectivity index (χ0n) is 18.4. The second kappa shape index (κ2) is 12.4. The highest BCUT2D eigenvalue weighted by Gasteiger charge is 2.27. The molecule has 1 aromatic heterocycles. The molecule has 8 heteroatoms. The summed E-state index contributed by atoms with van der Waals surface area (Å²) in [5.41, 5.74) is 1.18. The average molecular weight is 547 g/mol. The molecule has 0 amide bonds. The lowest BCUT2D eigenvalue weighted by atomic mass is 10.0. The molecule has 0 atom stereocenters.